The van der Waals surface area contributed by atoms with Gasteiger partial charge in [0.25, 0.3) is 0 Å². The first-order valence-corrected chi connectivity index (χ1v) is 2.41. The summed E-state index contributed by atoms with van der Waals surface area (Å²) in [5, 5.41) is 6.35. The van der Waals surface area contributed by atoms with Crippen molar-refractivity contribution in [1.82, 2.24) is 10.6 Å². The lowest BCUT2D eigenvalue weighted by atomic mass is 10.4. The van der Waals surface area contributed by atoms with Crippen LogP contribution in [0.5, 0.6) is 0 Å². The maximum atomic E-state index is 3.17. The third-order valence-corrected chi connectivity index (χ3v) is 0.957. The van der Waals surface area contributed by atoms with E-state index in [1.165, 1.54) is 19.5 Å². The number of hydrogen-bond donors (Lipinski definition) is 2. The molecule has 1 rings (SSSR count). The Morgan fingerprint density at radius 2 is 1.57 bits per heavy atom. The van der Waals surface area contributed by atoms with Crippen molar-refractivity contribution in [2.24, 2.45) is 0 Å². The van der Waals surface area contributed by atoms with Crippen molar-refractivity contribution >= 4 is 0 Å². The second-order valence-corrected chi connectivity index (χ2v) is 1.53. The van der Waals surface area contributed by atoms with Gasteiger partial charge in [-0.1, -0.05) is 0 Å². The monoisotopic (exact) mass is 104 g/mol. The number of nitrogens with one attached hydrogen (secondary N) is 2. The second-order valence-electron chi connectivity index (χ2n) is 1.53. The molecule has 1 fully saturated rings. The molecule has 1 aliphatic rings. The summed E-state index contributed by atoms with van der Waals surface area (Å²) in [6.45, 7) is 3.38. The molecule has 0 bridgehead atoms. The molecule has 0 unspecified atom stereocenters. The van der Waals surface area contributed by atoms with Crippen molar-refractivity contribution in [3.63, 3.8) is 0 Å². The number of hydrogen-bond acceptors (Lipinski definition) is 2. The van der Waals surface area contributed by atoms with Crippen molar-refractivity contribution in [3.05, 3.63) is 0 Å². The SMILES string of the molecule is C1CNCNC1.O. The van der Waals surface area contributed by atoms with E-state index in [4.69, 9.17) is 0 Å². The van der Waals surface area contributed by atoms with E-state index in [1.54, 1.807) is 0 Å². The van der Waals surface area contributed by atoms with Crippen LogP contribution in [0.1, 0.15) is 6.42 Å². The molecule has 4 N–H and O–H groups in total. The van der Waals surface area contributed by atoms with Gasteiger partial charge in [0, 0.05) is 6.67 Å². The molecule has 0 saturated carbocycles. The minimum Gasteiger partial charge on any atom is -0.412 e. The van der Waals surface area contributed by atoms with Crippen LogP contribution in [0.2, 0.25) is 0 Å². The maximum absolute atomic E-state index is 3.17. The van der Waals surface area contributed by atoms with Gasteiger partial charge >= 0.3 is 0 Å². The van der Waals surface area contributed by atoms with Crippen molar-refractivity contribution in [1.29, 1.82) is 0 Å². The molecule has 3 nitrogen and oxygen atoms in total. The van der Waals surface area contributed by atoms with Crippen molar-refractivity contribution in [2.75, 3.05) is 19.8 Å². The van der Waals surface area contributed by atoms with Gasteiger partial charge in [0.05, 0.1) is 0 Å². The van der Waals surface area contributed by atoms with E-state index in [0.717, 1.165) is 6.67 Å². The van der Waals surface area contributed by atoms with Gasteiger partial charge in [-0.05, 0) is 19.5 Å². The molecule has 1 aliphatic heterocycles. The predicted octanol–water partition coefficient (Wildman–Crippen LogP) is -1.30. The molecule has 0 aromatic heterocycles. The van der Waals surface area contributed by atoms with E-state index in [-0.39, 0.29) is 5.48 Å². The number of rotatable bonds is 0. The zero-order chi connectivity index (χ0) is 4.24. The minimum atomic E-state index is 0. The van der Waals surface area contributed by atoms with Gasteiger partial charge in [-0.25, -0.2) is 0 Å². The summed E-state index contributed by atoms with van der Waals surface area (Å²) >= 11 is 0. The maximum Gasteiger partial charge on any atom is 0.0454 e. The Labute approximate surface area is 43.4 Å². The summed E-state index contributed by atoms with van der Waals surface area (Å²) in [6, 6.07) is 0. The summed E-state index contributed by atoms with van der Waals surface area (Å²) in [5.41, 5.74) is 0. The quantitative estimate of drug-likeness (QED) is 0.401. The van der Waals surface area contributed by atoms with E-state index in [1.807, 2.05) is 0 Å². The first-order valence-electron chi connectivity index (χ1n) is 2.41. The highest BCUT2D eigenvalue weighted by atomic mass is 16.0. The van der Waals surface area contributed by atoms with Crippen LogP contribution in [0, 0.1) is 0 Å². The lowest BCUT2D eigenvalue weighted by Gasteiger charge is -2.11. The molecule has 7 heavy (non-hydrogen) atoms. The van der Waals surface area contributed by atoms with Gasteiger partial charge in [0.2, 0.25) is 0 Å². The lowest BCUT2D eigenvalue weighted by molar-refractivity contribution is 0.496. The van der Waals surface area contributed by atoms with Crippen LogP contribution >= 0.6 is 0 Å². The van der Waals surface area contributed by atoms with Crippen LogP contribution in [0.15, 0.2) is 0 Å². The Bertz CT molecular complexity index is 25.2. The average molecular weight is 104 g/mol. The van der Waals surface area contributed by atoms with Crippen LogP contribution in [0.4, 0.5) is 0 Å². The Morgan fingerprint density at radius 3 is 1.71 bits per heavy atom. The molecule has 1 saturated heterocycles. The minimum absolute atomic E-state index is 0. The molecule has 0 amide bonds. The molecule has 0 atom stereocenters. The van der Waals surface area contributed by atoms with E-state index in [0.29, 0.717) is 0 Å². The largest absolute Gasteiger partial charge is 0.412 e. The highest BCUT2D eigenvalue weighted by Crippen LogP contribution is 1.75. The van der Waals surface area contributed by atoms with E-state index >= 15 is 0 Å². The Balaban J connectivity index is 0.000000360. The molecule has 0 spiro atoms. The van der Waals surface area contributed by atoms with E-state index in [2.05, 4.69) is 10.6 Å². The second kappa shape index (κ2) is 4.05. The highest BCUT2D eigenvalue weighted by Gasteiger charge is 1.91. The molecule has 0 aliphatic carbocycles. The van der Waals surface area contributed by atoms with Crippen molar-refractivity contribution < 1.29 is 5.48 Å². The average Bonchev–Trinajstić information content (AvgIpc) is 1.72. The standard InChI is InChI=1S/C4H10N2.H2O/c1-2-5-4-6-3-1;/h5-6H,1-4H2;1H2. The molecule has 1 heterocycles. The summed E-state index contributed by atoms with van der Waals surface area (Å²) in [7, 11) is 0. The normalized spacial score (nSPS) is 20.6. The predicted molar refractivity (Wildman–Crippen MR) is 29.1 cm³/mol. The van der Waals surface area contributed by atoms with Crippen LogP contribution in [0.3, 0.4) is 0 Å². The summed E-state index contributed by atoms with van der Waals surface area (Å²) < 4.78 is 0. The fraction of sp³-hybridized carbons (Fsp3) is 1.00. The Kier molecular flexibility index (Phi) is 3.98. The summed E-state index contributed by atoms with van der Waals surface area (Å²) in [6.07, 6.45) is 1.28. The van der Waals surface area contributed by atoms with E-state index < -0.39 is 0 Å². The molecule has 3 heteroatoms. The molecular formula is C4H12N2O. The molecule has 0 aromatic rings. The fourth-order valence-electron chi connectivity index (χ4n) is 0.604. The zero-order valence-electron chi connectivity index (χ0n) is 4.33. The van der Waals surface area contributed by atoms with Crippen molar-refractivity contribution in [2.45, 2.75) is 6.42 Å². The fourth-order valence-corrected chi connectivity index (χ4v) is 0.604. The molecule has 44 valence electrons. The van der Waals surface area contributed by atoms with Crippen LogP contribution < -0.4 is 10.6 Å². The molecule has 0 radical (unpaired) electrons. The molecular weight excluding hydrogens is 92.1 g/mol. The van der Waals surface area contributed by atoms with Gasteiger partial charge < -0.3 is 16.1 Å². The lowest BCUT2D eigenvalue weighted by Crippen LogP contribution is -2.37. The third kappa shape index (κ3) is 2.56. The Hall–Kier alpha value is -0.120. The van der Waals surface area contributed by atoms with Crippen LogP contribution in [-0.2, 0) is 0 Å². The first-order chi connectivity index (χ1) is 3.00. The first kappa shape index (κ1) is 6.88. The zero-order valence-corrected chi connectivity index (χ0v) is 4.33. The van der Waals surface area contributed by atoms with Crippen molar-refractivity contribution in [3.8, 4) is 0 Å². The topological polar surface area (TPSA) is 55.6 Å². The summed E-state index contributed by atoms with van der Waals surface area (Å²) in [4.78, 5) is 0. The van der Waals surface area contributed by atoms with Crippen LogP contribution in [0.25, 0.3) is 0 Å². The Morgan fingerprint density at radius 1 is 1.00 bits per heavy atom. The van der Waals surface area contributed by atoms with Gasteiger partial charge in [-0.3, -0.25) is 0 Å². The smallest absolute Gasteiger partial charge is 0.0454 e. The summed E-state index contributed by atoms with van der Waals surface area (Å²) in [5.74, 6) is 0. The third-order valence-electron chi connectivity index (χ3n) is 0.957. The van der Waals surface area contributed by atoms with E-state index in [9.17, 15) is 0 Å². The van der Waals surface area contributed by atoms with Gasteiger partial charge in [-0.15, -0.1) is 0 Å². The van der Waals surface area contributed by atoms with Gasteiger partial charge in [0.15, 0.2) is 0 Å². The van der Waals surface area contributed by atoms with Crippen LogP contribution in [-0.4, -0.2) is 25.2 Å². The molecule has 0 aromatic carbocycles. The van der Waals surface area contributed by atoms with Gasteiger partial charge in [0.1, 0.15) is 0 Å². The highest BCUT2D eigenvalue weighted by molar-refractivity contribution is 4.54. The van der Waals surface area contributed by atoms with Gasteiger partial charge in [-0.2, -0.15) is 0 Å².